The smallest absolute Gasteiger partial charge is 0.222 e. The summed E-state index contributed by atoms with van der Waals surface area (Å²) in [5.41, 5.74) is 2.96. The van der Waals surface area contributed by atoms with E-state index in [1.807, 2.05) is 13.8 Å². The summed E-state index contributed by atoms with van der Waals surface area (Å²) in [6.07, 6.45) is 1.19. The van der Waals surface area contributed by atoms with E-state index >= 15 is 0 Å². The highest BCUT2D eigenvalue weighted by Crippen LogP contribution is 2.26. The molecule has 1 aromatic heterocycles. The molecule has 0 fully saturated rings. The number of carbonyl (C=O) groups is 1. The number of carbonyl (C=O) groups excluding carboxylic acids is 1. The zero-order valence-electron chi connectivity index (χ0n) is 13.9. The van der Waals surface area contributed by atoms with Gasteiger partial charge in [0.25, 0.3) is 0 Å². The molecule has 0 aliphatic carbocycles. The van der Waals surface area contributed by atoms with Crippen LogP contribution < -0.4 is 0 Å². The van der Waals surface area contributed by atoms with E-state index in [2.05, 4.69) is 23.4 Å². The first-order valence-corrected chi connectivity index (χ1v) is 7.30. The highest BCUT2D eigenvalue weighted by molar-refractivity contribution is 6.09. The van der Waals surface area contributed by atoms with E-state index in [1.165, 1.54) is 11.1 Å². The molecule has 0 aliphatic rings. The number of hydrogen-bond donors (Lipinski definition) is 0. The summed E-state index contributed by atoms with van der Waals surface area (Å²) < 4.78 is 16.0. The zero-order valence-corrected chi connectivity index (χ0v) is 13.9. The van der Waals surface area contributed by atoms with Gasteiger partial charge in [-0.1, -0.05) is 0 Å². The fourth-order valence-corrected chi connectivity index (χ4v) is 2.69. The molecule has 0 spiro atoms. The third kappa shape index (κ3) is 2.89. The molecule has 0 aliphatic heterocycles. The van der Waals surface area contributed by atoms with Crippen molar-refractivity contribution in [3.05, 3.63) is 41.1 Å². The summed E-state index contributed by atoms with van der Waals surface area (Å²) in [5.74, 6) is -0.481. The van der Waals surface area contributed by atoms with Crippen LogP contribution in [0.5, 0.6) is 0 Å². The van der Waals surface area contributed by atoms with Crippen LogP contribution in [-0.2, 0) is 0 Å². The Morgan fingerprint density at radius 2 is 1.95 bits per heavy atom. The predicted octanol–water partition coefficient (Wildman–Crippen LogP) is 3.79. The maximum atomic E-state index is 14.0. The Hall–Kier alpha value is -2.17. The van der Waals surface area contributed by atoms with Crippen LogP contribution in [0.1, 0.15) is 41.6 Å². The van der Waals surface area contributed by atoms with E-state index < -0.39 is 11.6 Å². The van der Waals surface area contributed by atoms with Crippen LogP contribution in [-0.4, -0.2) is 34.3 Å². The standard InChI is InChI=1S/C17H22FN3O/c1-10(2)21-12(4)19-16-11(3)7-13(8-15(16)21)17(22)14(18)9-20(5)6/h7-10H,1-6H3/b14-9-. The number of rotatable bonds is 4. The monoisotopic (exact) mass is 303 g/mol. The van der Waals surface area contributed by atoms with Gasteiger partial charge in [-0.25, -0.2) is 9.37 Å². The summed E-state index contributed by atoms with van der Waals surface area (Å²) in [6, 6.07) is 3.65. The van der Waals surface area contributed by atoms with Crippen molar-refractivity contribution in [2.24, 2.45) is 0 Å². The molecular formula is C17H22FN3O. The van der Waals surface area contributed by atoms with E-state index in [0.29, 0.717) is 5.56 Å². The molecule has 1 aromatic carbocycles. The lowest BCUT2D eigenvalue weighted by atomic mass is 10.1. The number of halogens is 1. The molecule has 0 saturated carbocycles. The Bertz CT molecular complexity index is 757. The number of allylic oxidation sites excluding steroid dienone is 1. The van der Waals surface area contributed by atoms with Crippen molar-refractivity contribution in [3.8, 4) is 0 Å². The van der Waals surface area contributed by atoms with Gasteiger partial charge in [0.15, 0.2) is 5.83 Å². The summed E-state index contributed by atoms with van der Waals surface area (Å²) in [4.78, 5) is 18.3. The molecule has 0 N–H and O–H groups in total. The van der Waals surface area contributed by atoms with Gasteiger partial charge in [-0.15, -0.1) is 0 Å². The number of imidazole rings is 1. The van der Waals surface area contributed by atoms with E-state index in [9.17, 15) is 9.18 Å². The highest BCUT2D eigenvalue weighted by Gasteiger charge is 2.18. The van der Waals surface area contributed by atoms with Gasteiger partial charge >= 0.3 is 0 Å². The lowest BCUT2D eigenvalue weighted by molar-refractivity contribution is 0.100. The molecule has 22 heavy (non-hydrogen) atoms. The molecule has 2 aromatic rings. The normalized spacial score (nSPS) is 12.3. The first kappa shape index (κ1) is 16.2. The van der Waals surface area contributed by atoms with Gasteiger partial charge in [-0.3, -0.25) is 4.79 Å². The fraction of sp³-hybridized carbons (Fsp3) is 0.412. The average molecular weight is 303 g/mol. The van der Waals surface area contributed by atoms with E-state index in [1.54, 1.807) is 26.2 Å². The number of aromatic nitrogens is 2. The van der Waals surface area contributed by atoms with Crippen LogP contribution in [0.25, 0.3) is 11.0 Å². The number of nitrogens with zero attached hydrogens (tertiary/aromatic N) is 3. The van der Waals surface area contributed by atoms with Crippen molar-refractivity contribution < 1.29 is 9.18 Å². The van der Waals surface area contributed by atoms with Gasteiger partial charge < -0.3 is 9.47 Å². The third-order valence-corrected chi connectivity index (χ3v) is 3.53. The van der Waals surface area contributed by atoms with Gasteiger partial charge in [0.05, 0.1) is 11.0 Å². The molecule has 2 rings (SSSR count). The number of fused-ring (bicyclic) bond motifs is 1. The molecule has 0 bridgehead atoms. The number of aryl methyl sites for hydroxylation is 2. The predicted molar refractivity (Wildman–Crippen MR) is 86.8 cm³/mol. The Balaban J connectivity index is 2.62. The van der Waals surface area contributed by atoms with Gasteiger partial charge in [0.1, 0.15) is 5.82 Å². The van der Waals surface area contributed by atoms with Crippen LogP contribution in [0.4, 0.5) is 4.39 Å². The lowest BCUT2D eigenvalue weighted by Gasteiger charge is -2.12. The second-order valence-electron chi connectivity index (χ2n) is 6.05. The molecule has 0 unspecified atom stereocenters. The molecule has 118 valence electrons. The Labute approximate surface area is 130 Å². The van der Waals surface area contributed by atoms with Crippen LogP contribution in [0.3, 0.4) is 0 Å². The average Bonchev–Trinajstić information content (AvgIpc) is 2.73. The zero-order chi connectivity index (χ0) is 16.6. The Kier molecular flexibility index (Phi) is 4.35. The quantitative estimate of drug-likeness (QED) is 0.637. The summed E-state index contributed by atoms with van der Waals surface area (Å²) in [5, 5.41) is 0. The molecule has 5 heteroatoms. The molecular weight excluding hydrogens is 281 g/mol. The van der Waals surface area contributed by atoms with Crippen molar-refractivity contribution in [2.45, 2.75) is 33.7 Å². The second kappa shape index (κ2) is 5.91. The SMILES string of the molecule is Cc1cc(C(=O)/C(F)=C/N(C)C)cc2c1nc(C)n2C(C)C. The summed E-state index contributed by atoms with van der Waals surface area (Å²) >= 11 is 0. The molecule has 0 radical (unpaired) electrons. The fourth-order valence-electron chi connectivity index (χ4n) is 2.69. The minimum atomic E-state index is -0.768. The lowest BCUT2D eigenvalue weighted by Crippen LogP contribution is -2.08. The molecule has 1 heterocycles. The molecule has 0 amide bonds. The van der Waals surface area contributed by atoms with Gasteiger partial charge in [-0.05, 0) is 45.4 Å². The van der Waals surface area contributed by atoms with Crippen molar-refractivity contribution in [2.75, 3.05) is 14.1 Å². The number of Topliss-reactive ketones (excluding diaryl/α,β-unsaturated/α-hetero) is 1. The third-order valence-electron chi connectivity index (χ3n) is 3.53. The Morgan fingerprint density at radius 3 is 2.50 bits per heavy atom. The number of hydrogen-bond acceptors (Lipinski definition) is 3. The van der Waals surface area contributed by atoms with Crippen LogP contribution >= 0.6 is 0 Å². The first-order valence-electron chi connectivity index (χ1n) is 7.30. The van der Waals surface area contributed by atoms with Gasteiger partial charge in [-0.2, -0.15) is 0 Å². The summed E-state index contributed by atoms with van der Waals surface area (Å²) in [7, 11) is 3.36. The number of ketones is 1. The maximum absolute atomic E-state index is 14.0. The summed E-state index contributed by atoms with van der Waals surface area (Å²) in [6.45, 7) is 7.95. The van der Waals surface area contributed by atoms with E-state index in [0.717, 1.165) is 22.4 Å². The van der Waals surface area contributed by atoms with Crippen LogP contribution in [0, 0.1) is 13.8 Å². The van der Waals surface area contributed by atoms with Crippen molar-refractivity contribution >= 4 is 16.8 Å². The maximum Gasteiger partial charge on any atom is 0.222 e. The van der Waals surface area contributed by atoms with Gasteiger partial charge in [0.2, 0.25) is 5.78 Å². The molecule has 0 atom stereocenters. The minimum absolute atomic E-state index is 0.219. The van der Waals surface area contributed by atoms with E-state index in [-0.39, 0.29) is 6.04 Å². The van der Waals surface area contributed by atoms with Crippen molar-refractivity contribution in [1.29, 1.82) is 0 Å². The topological polar surface area (TPSA) is 38.1 Å². The number of benzene rings is 1. The van der Waals surface area contributed by atoms with Gasteiger partial charge in [0, 0.05) is 31.9 Å². The highest BCUT2D eigenvalue weighted by atomic mass is 19.1. The largest absolute Gasteiger partial charge is 0.381 e. The second-order valence-corrected chi connectivity index (χ2v) is 6.05. The van der Waals surface area contributed by atoms with Crippen molar-refractivity contribution in [3.63, 3.8) is 0 Å². The van der Waals surface area contributed by atoms with E-state index in [4.69, 9.17) is 0 Å². The van der Waals surface area contributed by atoms with Crippen molar-refractivity contribution in [1.82, 2.24) is 14.5 Å². The van der Waals surface area contributed by atoms with Crippen LogP contribution in [0.15, 0.2) is 24.2 Å². The van der Waals surface area contributed by atoms with Crippen LogP contribution in [0.2, 0.25) is 0 Å². The minimum Gasteiger partial charge on any atom is -0.381 e. The molecule has 4 nitrogen and oxygen atoms in total. The first-order chi connectivity index (χ1) is 10.2. The Morgan fingerprint density at radius 1 is 1.32 bits per heavy atom. The molecule has 0 saturated heterocycles.